The van der Waals surface area contributed by atoms with Crippen molar-refractivity contribution in [1.82, 2.24) is 9.97 Å². The van der Waals surface area contributed by atoms with Crippen LogP contribution >= 0.6 is 34.2 Å². The van der Waals surface area contributed by atoms with Crippen LogP contribution in [0.1, 0.15) is 26.5 Å². The molecular weight excluding hydrogens is 403 g/mol. The van der Waals surface area contributed by atoms with Crippen molar-refractivity contribution in [1.29, 1.82) is 0 Å². The predicted octanol–water partition coefficient (Wildman–Crippen LogP) is 4.00. The van der Waals surface area contributed by atoms with Crippen molar-refractivity contribution in [3.8, 4) is 17.1 Å². The lowest BCUT2D eigenvalue weighted by Gasteiger charge is -2.20. The number of hydrogen-bond donors (Lipinski definition) is 1. The molecule has 2 rings (SSSR count). The van der Waals surface area contributed by atoms with Crippen LogP contribution in [0.25, 0.3) is 11.4 Å². The Kier molecular flexibility index (Phi) is 4.63. The smallest absolute Gasteiger partial charge is 0.264 e. The van der Waals surface area contributed by atoms with Gasteiger partial charge in [0.2, 0.25) is 0 Å². The first kappa shape index (κ1) is 16.3. The van der Waals surface area contributed by atoms with Crippen molar-refractivity contribution < 1.29 is 4.74 Å². The second kappa shape index (κ2) is 5.96. The number of aromatic nitrogens is 2. The number of H-pyrrole nitrogens is 1. The number of methoxy groups -OCH3 is 1. The van der Waals surface area contributed by atoms with Gasteiger partial charge in [0.1, 0.15) is 15.1 Å². The average Bonchev–Trinajstić information content (AvgIpc) is 2.40. The molecule has 21 heavy (non-hydrogen) atoms. The quantitative estimate of drug-likeness (QED) is 0.750. The Morgan fingerprint density at radius 3 is 2.57 bits per heavy atom. The maximum atomic E-state index is 12.2. The van der Waals surface area contributed by atoms with E-state index in [0.29, 0.717) is 25.7 Å². The summed E-state index contributed by atoms with van der Waals surface area (Å²) in [6.45, 7) is 6.06. The third-order valence-electron chi connectivity index (χ3n) is 3.01. The lowest BCUT2D eigenvalue weighted by Crippen LogP contribution is -2.24. The Bertz CT molecular complexity index is 735. The Morgan fingerprint density at radius 2 is 2.00 bits per heavy atom. The molecule has 1 aromatic heterocycles. The van der Waals surface area contributed by atoms with Crippen molar-refractivity contribution >= 4 is 34.2 Å². The van der Waals surface area contributed by atoms with Crippen LogP contribution in [0.2, 0.25) is 5.02 Å². The van der Waals surface area contributed by atoms with Gasteiger partial charge >= 0.3 is 0 Å². The highest BCUT2D eigenvalue weighted by molar-refractivity contribution is 14.1. The van der Waals surface area contributed by atoms with Crippen LogP contribution < -0.4 is 10.3 Å². The molecule has 1 heterocycles. The molecule has 0 amide bonds. The maximum absolute atomic E-state index is 12.2. The first-order valence-electron chi connectivity index (χ1n) is 6.39. The second-order valence-corrected chi connectivity index (χ2v) is 7.13. The molecule has 4 nitrogen and oxygen atoms in total. The largest absolute Gasteiger partial charge is 0.496 e. The highest BCUT2D eigenvalue weighted by atomic mass is 127. The monoisotopic (exact) mass is 418 g/mol. The molecular formula is C15H16ClIN2O2. The highest BCUT2D eigenvalue weighted by Gasteiger charge is 2.23. The van der Waals surface area contributed by atoms with Crippen LogP contribution in [0.15, 0.2) is 23.0 Å². The van der Waals surface area contributed by atoms with E-state index in [2.05, 4.69) is 9.97 Å². The first-order valence-corrected chi connectivity index (χ1v) is 7.84. The zero-order chi connectivity index (χ0) is 15.8. The summed E-state index contributed by atoms with van der Waals surface area (Å²) >= 11 is 8.28. The van der Waals surface area contributed by atoms with E-state index < -0.39 is 0 Å². The molecule has 2 aromatic rings. The van der Waals surface area contributed by atoms with Gasteiger partial charge in [-0.05, 0) is 34.7 Å². The molecule has 1 aromatic carbocycles. The molecule has 0 aliphatic heterocycles. The van der Waals surface area contributed by atoms with E-state index in [1.807, 2.05) is 43.4 Å². The van der Waals surface area contributed by atoms with Crippen molar-refractivity contribution in [3.05, 3.63) is 42.8 Å². The van der Waals surface area contributed by atoms with Crippen LogP contribution in [-0.4, -0.2) is 17.1 Å². The number of nitrogens with zero attached hydrogens (tertiary/aromatic N) is 1. The molecule has 0 saturated heterocycles. The van der Waals surface area contributed by atoms with Gasteiger partial charge in [0.05, 0.1) is 23.4 Å². The number of halogens is 2. The number of aromatic amines is 1. The van der Waals surface area contributed by atoms with Gasteiger partial charge in [-0.25, -0.2) is 4.98 Å². The molecule has 0 fully saturated rings. The highest BCUT2D eigenvalue weighted by Crippen LogP contribution is 2.35. The Hall–Kier alpha value is -1.08. The standard InChI is InChI=1S/C15H16ClIN2O2/c1-15(2,3)12-11(17)14(20)19-13(18-12)10-8(16)6-5-7-9(10)21-4/h5-7H,1-4H3,(H,18,19,20). The predicted molar refractivity (Wildman–Crippen MR) is 93.3 cm³/mol. The van der Waals surface area contributed by atoms with Gasteiger partial charge in [0, 0.05) is 5.41 Å². The minimum absolute atomic E-state index is 0.174. The third kappa shape index (κ3) is 3.23. The lowest BCUT2D eigenvalue weighted by molar-refractivity contribution is 0.416. The zero-order valence-electron chi connectivity index (χ0n) is 12.3. The lowest BCUT2D eigenvalue weighted by atomic mass is 9.92. The second-order valence-electron chi connectivity index (χ2n) is 5.64. The average molecular weight is 419 g/mol. The Labute approximate surface area is 142 Å². The van der Waals surface area contributed by atoms with E-state index in [1.54, 1.807) is 25.3 Å². The van der Waals surface area contributed by atoms with E-state index in [4.69, 9.17) is 16.3 Å². The molecule has 0 atom stereocenters. The van der Waals surface area contributed by atoms with Gasteiger partial charge in [-0.3, -0.25) is 4.79 Å². The number of hydrogen-bond acceptors (Lipinski definition) is 3. The fourth-order valence-corrected chi connectivity index (χ4v) is 3.30. The number of rotatable bonds is 2. The summed E-state index contributed by atoms with van der Waals surface area (Å²) in [5.41, 5.74) is 0.922. The van der Waals surface area contributed by atoms with Crippen LogP contribution in [0.5, 0.6) is 5.75 Å². The SMILES string of the molecule is COc1cccc(Cl)c1-c1nc(C(C)(C)C)c(I)c(=O)[nH]1. The Balaban J connectivity index is 2.78. The van der Waals surface area contributed by atoms with E-state index in [9.17, 15) is 4.79 Å². The number of nitrogens with one attached hydrogen (secondary N) is 1. The van der Waals surface area contributed by atoms with Gasteiger partial charge in [-0.2, -0.15) is 0 Å². The summed E-state index contributed by atoms with van der Waals surface area (Å²) in [6.07, 6.45) is 0. The summed E-state index contributed by atoms with van der Waals surface area (Å²) < 4.78 is 5.92. The molecule has 0 aliphatic rings. The summed E-state index contributed by atoms with van der Waals surface area (Å²) in [7, 11) is 1.56. The maximum Gasteiger partial charge on any atom is 0.264 e. The number of benzene rings is 1. The van der Waals surface area contributed by atoms with Crippen LogP contribution in [0.4, 0.5) is 0 Å². The third-order valence-corrected chi connectivity index (χ3v) is 4.32. The molecule has 0 bridgehead atoms. The summed E-state index contributed by atoms with van der Waals surface area (Å²) in [5.74, 6) is 1.000. The topological polar surface area (TPSA) is 55.0 Å². The van der Waals surface area contributed by atoms with Crippen LogP contribution in [-0.2, 0) is 5.41 Å². The van der Waals surface area contributed by atoms with E-state index in [0.717, 1.165) is 5.69 Å². The van der Waals surface area contributed by atoms with Crippen molar-refractivity contribution in [3.63, 3.8) is 0 Å². The first-order chi connectivity index (χ1) is 9.75. The number of ether oxygens (including phenoxy) is 1. The minimum Gasteiger partial charge on any atom is -0.496 e. The summed E-state index contributed by atoms with van der Waals surface area (Å²) in [6, 6.07) is 5.32. The van der Waals surface area contributed by atoms with Gasteiger partial charge in [0.25, 0.3) is 5.56 Å². The Morgan fingerprint density at radius 1 is 1.33 bits per heavy atom. The van der Waals surface area contributed by atoms with Gasteiger partial charge < -0.3 is 9.72 Å². The zero-order valence-corrected chi connectivity index (χ0v) is 15.2. The van der Waals surface area contributed by atoms with Gasteiger partial charge in [-0.1, -0.05) is 38.4 Å². The molecule has 112 valence electrons. The molecule has 0 aliphatic carbocycles. The fourth-order valence-electron chi connectivity index (χ4n) is 1.98. The van der Waals surface area contributed by atoms with E-state index in [1.165, 1.54) is 0 Å². The van der Waals surface area contributed by atoms with Crippen molar-refractivity contribution in [2.45, 2.75) is 26.2 Å². The normalized spacial score (nSPS) is 11.5. The summed E-state index contributed by atoms with van der Waals surface area (Å²) in [4.78, 5) is 19.6. The fraction of sp³-hybridized carbons (Fsp3) is 0.333. The van der Waals surface area contributed by atoms with Crippen LogP contribution in [0, 0.1) is 3.57 Å². The van der Waals surface area contributed by atoms with Crippen molar-refractivity contribution in [2.75, 3.05) is 7.11 Å². The van der Waals surface area contributed by atoms with E-state index in [-0.39, 0.29) is 11.0 Å². The molecule has 6 heteroatoms. The van der Waals surface area contributed by atoms with Gasteiger partial charge in [-0.15, -0.1) is 0 Å². The summed E-state index contributed by atoms with van der Waals surface area (Å²) in [5, 5.41) is 0.485. The molecule has 0 spiro atoms. The van der Waals surface area contributed by atoms with Crippen molar-refractivity contribution in [2.24, 2.45) is 0 Å². The van der Waals surface area contributed by atoms with Crippen LogP contribution in [0.3, 0.4) is 0 Å². The molecule has 0 unspecified atom stereocenters. The molecule has 1 N–H and O–H groups in total. The van der Waals surface area contributed by atoms with Gasteiger partial charge in [0.15, 0.2) is 0 Å². The minimum atomic E-state index is -0.242. The molecule has 0 saturated carbocycles. The van der Waals surface area contributed by atoms with E-state index >= 15 is 0 Å². The molecule has 0 radical (unpaired) electrons.